The second kappa shape index (κ2) is 8.48. The van der Waals surface area contributed by atoms with Crippen molar-refractivity contribution in [3.63, 3.8) is 0 Å². The molecule has 1 aromatic carbocycles. The number of nitrogens with zero attached hydrogens (tertiary/aromatic N) is 1. The van der Waals surface area contributed by atoms with E-state index >= 15 is 0 Å². The van der Waals surface area contributed by atoms with Gasteiger partial charge in [0.15, 0.2) is 0 Å². The number of carbonyl (C=O) groups excluding carboxylic acids is 1. The average Bonchev–Trinajstić information content (AvgIpc) is 2.62. The molecule has 0 aromatic heterocycles. The zero-order valence-corrected chi connectivity index (χ0v) is 14.4. The lowest BCUT2D eigenvalue weighted by atomic mass is 9.98. The van der Waals surface area contributed by atoms with Crippen molar-refractivity contribution in [2.45, 2.75) is 44.8 Å². The molecule has 5 heteroatoms. The summed E-state index contributed by atoms with van der Waals surface area (Å²) in [5.74, 6) is 3.01. The van der Waals surface area contributed by atoms with E-state index in [1.165, 1.54) is 19.3 Å². The largest absolute Gasteiger partial charge is 0.490 e. The quantitative estimate of drug-likeness (QED) is 0.914. The standard InChI is InChI=1S/C18H26N2O2S/c21-18(20-9-11-23-12-10-20)19-14-15-5-4-8-17(13-15)22-16-6-2-1-3-7-16/h4-5,8,13,16H,1-3,6-7,9-12,14H2,(H,19,21). The Kier molecular flexibility index (Phi) is 6.08. The fourth-order valence-corrected chi connectivity index (χ4v) is 4.06. The van der Waals surface area contributed by atoms with E-state index in [1.807, 2.05) is 34.9 Å². The Bertz CT molecular complexity index is 511. The molecule has 1 aliphatic carbocycles. The van der Waals surface area contributed by atoms with Gasteiger partial charge < -0.3 is 15.0 Å². The van der Waals surface area contributed by atoms with E-state index in [9.17, 15) is 4.79 Å². The second-order valence-electron chi connectivity index (χ2n) is 6.28. The van der Waals surface area contributed by atoms with Crippen LogP contribution in [0.1, 0.15) is 37.7 Å². The molecule has 0 bridgehead atoms. The molecule has 0 unspecified atom stereocenters. The maximum Gasteiger partial charge on any atom is 0.317 e. The van der Waals surface area contributed by atoms with E-state index in [1.54, 1.807) is 0 Å². The van der Waals surface area contributed by atoms with Crippen LogP contribution in [0.5, 0.6) is 5.75 Å². The normalized spacial score (nSPS) is 19.4. The number of amides is 2. The number of benzene rings is 1. The van der Waals surface area contributed by atoms with Gasteiger partial charge in [0.2, 0.25) is 0 Å². The number of carbonyl (C=O) groups is 1. The summed E-state index contributed by atoms with van der Waals surface area (Å²) in [7, 11) is 0. The van der Waals surface area contributed by atoms with Gasteiger partial charge in [0.25, 0.3) is 0 Å². The molecule has 1 N–H and O–H groups in total. The minimum atomic E-state index is 0.0453. The first-order valence-corrected chi connectivity index (χ1v) is 9.83. The lowest BCUT2D eigenvalue weighted by molar-refractivity contribution is 0.155. The van der Waals surface area contributed by atoms with E-state index in [0.29, 0.717) is 12.6 Å². The third-order valence-corrected chi connectivity index (χ3v) is 5.44. The first kappa shape index (κ1) is 16.5. The highest BCUT2D eigenvalue weighted by molar-refractivity contribution is 7.99. The van der Waals surface area contributed by atoms with Gasteiger partial charge in [-0.3, -0.25) is 0 Å². The highest BCUT2D eigenvalue weighted by Crippen LogP contribution is 2.24. The van der Waals surface area contributed by atoms with Crippen LogP contribution in [0.3, 0.4) is 0 Å². The van der Waals surface area contributed by atoms with Crippen LogP contribution in [0.25, 0.3) is 0 Å². The maximum atomic E-state index is 12.1. The number of urea groups is 1. The summed E-state index contributed by atoms with van der Waals surface area (Å²) in [4.78, 5) is 14.0. The Morgan fingerprint density at radius 2 is 2.00 bits per heavy atom. The highest BCUT2D eigenvalue weighted by Gasteiger charge is 2.17. The minimum absolute atomic E-state index is 0.0453. The predicted octanol–water partition coefficient (Wildman–Crippen LogP) is 3.66. The third kappa shape index (κ3) is 5.06. The minimum Gasteiger partial charge on any atom is -0.490 e. The van der Waals surface area contributed by atoms with Crippen molar-refractivity contribution < 1.29 is 9.53 Å². The van der Waals surface area contributed by atoms with Crippen molar-refractivity contribution in [2.24, 2.45) is 0 Å². The van der Waals surface area contributed by atoms with Gasteiger partial charge in [-0.15, -0.1) is 0 Å². The molecule has 1 heterocycles. The molecule has 23 heavy (non-hydrogen) atoms. The van der Waals surface area contributed by atoms with Crippen LogP contribution in [-0.4, -0.2) is 41.6 Å². The number of rotatable bonds is 4. The fraction of sp³-hybridized carbons (Fsp3) is 0.611. The lowest BCUT2D eigenvalue weighted by Gasteiger charge is -2.26. The monoisotopic (exact) mass is 334 g/mol. The summed E-state index contributed by atoms with van der Waals surface area (Å²) in [5, 5.41) is 3.02. The van der Waals surface area contributed by atoms with Crippen LogP contribution in [-0.2, 0) is 6.54 Å². The van der Waals surface area contributed by atoms with Crippen molar-refractivity contribution >= 4 is 17.8 Å². The maximum absolute atomic E-state index is 12.1. The molecule has 1 aliphatic heterocycles. The van der Waals surface area contributed by atoms with Gasteiger partial charge in [-0.1, -0.05) is 18.6 Å². The molecule has 2 aliphatic rings. The number of hydrogen-bond acceptors (Lipinski definition) is 3. The number of ether oxygens (including phenoxy) is 1. The molecule has 2 amide bonds. The average molecular weight is 334 g/mol. The van der Waals surface area contributed by atoms with Gasteiger partial charge in [-0.05, 0) is 43.4 Å². The smallest absolute Gasteiger partial charge is 0.317 e. The zero-order chi connectivity index (χ0) is 15.9. The summed E-state index contributed by atoms with van der Waals surface area (Å²) in [5.41, 5.74) is 1.10. The molecule has 0 radical (unpaired) electrons. The van der Waals surface area contributed by atoms with E-state index in [-0.39, 0.29) is 6.03 Å². The highest BCUT2D eigenvalue weighted by atomic mass is 32.2. The molecule has 0 atom stereocenters. The zero-order valence-electron chi connectivity index (χ0n) is 13.6. The summed E-state index contributed by atoms with van der Waals surface area (Å²) in [6.45, 7) is 2.26. The molecule has 4 nitrogen and oxygen atoms in total. The van der Waals surface area contributed by atoms with Crippen molar-refractivity contribution in [2.75, 3.05) is 24.6 Å². The van der Waals surface area contributed by atoms with Gasteiger partial charge in [-0.2, -0.15) is 11.8 Å². The summed E-state index contributed by atoms with van der Waals surface area (Å²) in [6, 6.07) is 8.17. The van der Waals surface area contributed by atoms with Crippen LogP contribution in [0.4, 0.5) is 4.79 Å². The Balaban J connectivity index is 1.49. The van der Waals surface area contributed by atoms with Crippen LogP contribution in [0.15, 0.2) is 24.3 Å². The summed E-state index contributed by atoms with van der Waals surface area (Å²) < 4.78 is 6.09. The molecule has 126 valence electrons. The molecule has 3 rings (SSSR count). The van der Waals surface area contributed by atoms with Crippen molar-refractivity contribution in [3.8, 4) is 5.75 Å². The number of hydrogen-bond donors (Lipinski definition) is 1. The van der Waals surface area contributed by atoms with Gasteiger partial charge >= 0.3 is 6.03 Å². The van der Waals surface area contributed by atoms with E-state index in [2.05, 4.69) is 11.4 Å². The Morgan fingerprint density at radius 3 is 2.78 bits per heavy atom. The molecular formula is C18H26N2O2S. The van der Waals surface area contributed by atoms with E-state index < -0.39 is 0 Å². The Morgan fingerprint density at radius 1 is 1.22 bits per heavy atom. The van der Waals surface area contributed by atoms with Crippen molar-refractivity contribution in [1.82, 2.24) is 10.2 Å². The van der Waals surface area contributed by atoms with Gasteiger partial charge in [-0.25, -0.2) is 4.79 Å². The van der Waals surface area contributed by atoms with Crippen LogP contribution < -0.4 is 10.1 Å². The molecule has 0 spiro atoms. The van der Waals surface area contributed by atoms with E-state index in [0.717, 1.165) is 48.7 Å². The molecule has 1 saturated carbocycles. The van der Waals surface area contributed by atoms with Crippen LogP contribution >= 0.6 is 11.8 Å². The van der Waals surface area contributed by atoms with Crippen molar-refractivity contribution in [3.05, 3.63) is 29.8 Å². The van der Waals surface area contributed by atoms with Gasteiger partial charge in [0, 0.05) is 31.1 Å². The fourth-order valence-electron chi connectivity index (χ4n) is 3.16. The Hall–Kier alpha value is -1.36. The Labute approximate surface area is 143 Å². The van der Waals surface area contributed by atoms with Gasteiger partial charge in [0.05, 0.1) is 6.10 Å². The lowest BCUT2D eigenvalue weighted by Crippen LogP contribution is -2.44. The molecule has 2 fully saturated rings. The number of thioether (sulfide) groups is 1. The predicted molar refractivity (Wildman–Crippen MR) is 95.1 cm³/mol. The molecular weight excluding hydrogens is 308 g/mol. The first-order valence-electron chi connectivity index (χ1n) is 8.67. The first-order chi connectivity index (χ1) is 11.3. The number of nitrogens with one attached hydrogen (secondary N) is 1. The van der Waals surface area contributed by atoms with E-state index in [4.69, 9.17) is 4.74 Å². The van der Waals surface area contributed by atoms with Crippen LogP contribution in [0, 0.1) is 0 Å². The molecule has 1 aromatic rings. The third-order valence-electron chi connectivity index (χ3n) is 4.50. The van der Waals surface area contributed by atoms with Crippen molar-refractivity contribution in [1.29, 1.82) is 0 Å². The van der Waals surface area contributed by atoms with Crippen LogP contribution in [0.2, 0.25) is 0 Å². The molecule has 1 saturated heterocycles. The summed E-state index contributed by atoms with van der Waals surface area (Å²) >= 11 is 1.91. The van der Waals surface area contributed by atoms with Gasteiger partial charge in [0.1, 0.15) is 5.75 Å². The second-order valence-corrected chi connectivity index (χ2v) is 7.51. The summed E-state index contributed by atoms with van der Waals surface area (Å²) in [6.07, 6.45) is 6.56. The topological polar surface area (TPSA) is 41.6 Å². The SMILES string of the molecule is O=C(NCc1cccc(OC2CCCCC2)c1)N1CCSCC1.